The average Bonchev–Trinajstić information content (AvgIpc) is 2.66. The lowest BCUT2D eigenvalue weighted by Crippen LogP contribution is -2.27. The summed E-state index contributed by atoms with van der Waals surface area (Å²) in [6.07, 6.45) is -0.817. The van der Waals surface area contributed by atoms with Crippen molar-refractivity contribution in [2.45, 2.75) is 12.2 Å². The Kier molecular flexibility index (Phi) is 8.69. The van der Waals surface area contributed by atoms with Crippen molar-refractivity contribution < 1.29 is 29.3 Å². The highest BCUT2D eigenvalue weighted by atomic mass is 79.9. The molecule has 0 fully saturated rings. The Morgan fingerprint density at radius 3 is 2.34 bits per heavy atom. The first-order chi connectivity index (χ1) is 13.7. The molecule has 2 aromatic carbocycles. The van der Waals surface area contributed by atoms with E-state index >= 15 is 0 Å². The van der Waals surface area contributed by atoms with Crippen molar-refractivity contribution in [2.24, 2.45) is 0 Å². The van der Waals surface area contributed by atoms with Crippen LogP contribution in [-0.2, 0) is 14.3 Å². The number of hydrogen-bond donors (Lipinski definition) is 3. The van der Waals surface area contributed by atoms with Crippen LogP contribution >= 0.6 is 47.8 Å². The number of methoxy groups -OCH3 is 1. The monoisotopic (exact) mass is 591 g/mol. The lowest BCUT2D eigenvalue weighted by molar-refractivity contribution is -0.131. The summed E-state index contributed by atoms with van der Waals surface area (Å²) in [5, 5.41) is 22.0. The number of benzene rings is 2. The number of phenolic OH excluding ortho intramolecular Hbond substituents is 1. The van der Waals surface area contributed by atoms with Gasteiger partial charge < -0.3 is 19.7 Å². The number of hydrogen-bond acceptors (Lipinski definition) is 5. The number of halogens is 3. The van der Waals surface area contributed by atoms with Crippen LogP contribution in [0.1, 0.15) is 11.7 Å². The van der Waals surface area contributed by atoms with E-state index in [9.17, 15) is 14.7 Å². The Morgan fingerprint density at radius 1 is 1.10 bits per heavy atom. The van der Waals surface area contributed by atoms with Crippen molar-refractivity contribution in [3.8, 4) is 5.75 Å². The minimum absolute atomic E-state index is 0.166. The number of ether oxygens (including phenoxy) is 2. The van der Waals surface area contributed by atoms with Gasteiger partial charge in [-0.3, -0.25) is 5.32 Å². The summed E-state index contributed by atoms with van der Waals surface area (Å²) in [7, 11) is 1.34. The van der Waals surface area contributed by atoms with Crippen LogP contribution < -0.4 is 5.32 Å². The number of aliphatic carboxylic acids is 1. The molecule has 0 aliphatic carbocycles. The lowest BCUT2D eigenvalue weighted by atomic mass is 10.0. The van der Waals surface area contributed by atoms with E-state index in [1.807, 2.05) is 0 Å². The summed E-state index contributed by atoms with van der Waals surface area (Å²) in [4.78, 5) is 23.4. The summed E-state index contributed by atoms with van der Waals surface area (Å²) >= 11 is 9.86. The SMILES string of the molecule is CO[C@H](/C=C/C(=O)O)[C@H](OC(=O)Nc1ccc(Br)cc1)c1cc(Br)cc(Br)c1O. The van der Waals surface area contributed by atoms with Crippen LogP contribution in [-0.4, -0.2) is 35.5 Å². The number of nitrogens with one attached hydrogen (secondary N) is 1. The van der Waals surface area contributed by atoms with Gasteiger partial charge in [0.1, 0.15) is 11.9 Å². The molecule has 0 aromatic heterocycles. The zero-order chi connectivity index (χ0) is 21.6. The molecule has 3 N–H and O–H groups in total. The molecule has 0 radical (unpaired) electrons. The van der Waals surface area contributed by atoms with Gasteiger partial charge in [-0.25, -0.2) is 9.59 Å². The maximum atomic E-state index is 12.5. The van der Waals surface area contributed by atoms with Crippen LogP contribution in [0.3, 0.4) is 0 Å². The number of amides is 1. The molecule has 0 saturated heterocycles. The first kappa shape index (κ1) is 23.4. The van der Waals surface area contributed by atoms with E-state index in [1.165, 1.54) is 13.2 Å². The number of phenols is 1. The summed E-state index contributed by atoms with van der Waals surface area (Å²) in [6, 6.07) is 10.0. The second-order valence-corrected chi connectivity index (χ2v) is 8.37. The molecule has 10 heteroatoms. The summed E-state index contributed by atoms with van der Waals surface area (Å²) in [5.74, 6) is -1.36. The first-order valence-corrected chi connectivity index (χ1v) is 10.4. The number of aromatic hydroxyl groups is 1. The Hall–Kier alpha value is -1.88. The van der Waals surface area contributed by atoms with Crippen molar-refractivity contribution in [3.05, 3.63) is 67.5 Å². The van der Waals surface area contributed by atoms with Crippen LogP contribution in [0.15, 0.2) is 62.0 Å². The van der Waals surface area contributed by atoms with E-state index in [0.29, 0.717) is 14.6 Å². The Morgan fingerprint density at radius 2 is 1.76 bits per heavy atom. The number of carboxylic acid groups (broad SMARTS) is 1. The standard InChI is InChI=1S/C19H16Br3NO6/c1-28-15(6-7-16(24)25)18(13-8-11(21)9-14(22)17(13)26)29-19(27)23-12-4-2-10(20)3-5-12/h2-9,15,18,26H,1H3,(H,23,27)(H,24,25)/b7-6+/t15-,18-/m1/s1. The summed E-state index contributed by atoms with van der Waals surface area (Å²) < 4.78 is 12.6. The molecule has 0 aliphatic heterocycles. The van der Waals surface area contributed by atoms with E-state index in [1.54, 1.807) is 36.4 Å². The molecule has 2 rings (SSSR count). The molecule has 2 atom stereocenters. The number of anilines is 1. The highest BCUT2D eigenvalue weighted by Crippen LogP contribution is 2.39. The topological polar surface area (TPSA) is 105 Å². The largest absolute Gasteiger partial charge is 0.506 e. The van der Waals surface area contributed by atoms with Crippen LogP contribution in [0.2, 0.25) is 0 Å². The van der Waals surface area contributed by atoms with Crippen LogP contribution in [0, 0.1) is 0 Å². The van der Waals surface area contributed by atoms with Gasteiger partial charge in [0.15, 0.2) is 6.10 Å². The second-order valence-electron chi connectivity index (χ2n) is 5.68. The third kappa shape index (κ3) is 6.84. The van der Waals surface area contributed by atoms with Gasteiger partial charge >= 0.3 is 12.1 Å². The van der Waals surface area contributed by atoms with Crippen LogP contribution in [0.5, 0.6) is 5.75 Å². The van der Waals surface area contributed by atoms with E-state index in [0.717, 1.165) is 10.5 Å². The van der Waals surface area contributed by atoms with Crippen molar-refractivity contribution in [3.63, 3.8) is 0 Å². The van der Waals surface area contributed by atoms with Gasteiger partial charge in [0.2, 0.25) is 0 Å². The zero-order valence-corrected chi connectivity index (χ0v) is 19.7. The molecule has 1 amide bonds. The Labute approximate surface area is 192 Å². The van der Waals surface area contributed by atoms with Crippen LogP contribution in [0.4, 0.5) is 10.5 Å². The smallest absolute Gasteiger partial charge is 0.412 e. The third-order valence-electron chi connectivity index (χ3n) is 3.69. The Balaban J connectivity index is 2.37. The van der Waals surface area contributed by atoms with Gasteiger partial charge in [0, 0.05) is 33.4 Å². The molecular formula is C19H16Br3NO6. The highest BCUT2D eigenvalue weighted by molar-refractivity contribution is 9.11. The zero-order valence-electron chi connectivity index (χ0n) is 14.9. The van der Waals surface area contributed by atoms with Crippen LogP contribution in [0.25, 0.3) is 0 Å². The average molecular weight is 594 g/mol. The Bertz CT molecular complexity index is 917. The molecule has 0 unspecified atom stereocenters. The maximum absolute atomic E-state index is 12.5. The minimum atomic E-state index is -1.19. The predicted octanol–water partition coefficient (Wildman–Crippen LogP) is 5.63. The van der Waals surface area contributed by atoms with E-state index in [-0.39, 0.29) is 11.3 Å². The molecule has 0 heterocycles. The quantitative estimate of drug-likeness (QED) is 0.360. The lowest BCUT2D eigenvalue weighted by Gasteiger charge is -2.25. The molecular weight excluding hydrogens is 578 g/mol. The summed E-state index contributed by atoms with van der Waals surface area (Å²) in [6.45, 7) is 0. The van der Waals surface area contributed by atoms with Gasteiger partial charge in [-0.2, -0.15) is 0 Å². The maximum Gasteiger partial charge on any atom is 0.412 e. The molecule has 0 saturated carbocycles. The van der Waals surface area contributed by atoms with E-state index in [2.05, 4.69) is 53.1 Å². The third-order valence-corrected chi connectivity index (χ3v) is 5.28. The normalized spacial score (nSPS) is 13.1. The van der Waals surface area contributed by atoms with Crippen molar-refractivity contribution in [1.82, 2.24) is 0 Å². The molecule has 2 aromatic rings. The molecule has 0 aliphatic rings. The molecule has 154 valence electrons. The van der Waals surface area contributed by atoms with Gasteiger partial charge in [0.05, 0.1) is 4.47 Å². The number of carbonyl (C=O) groups excluding carboxylic acids is 1. The summed E-state index contributed by atoms with van der Waals surface area (Å²) in [5.41, 5.74) is 0.714. The highest BCUT2D eigenvalue weighted by Gasteiger charge is 2.29. The fourth-order valence-corrected chi connectivity index (χ4v) is 3.91. The van der Waals surface area contributed by atoms with Gasteiger partial charge in [-0.15, -0.1) is 0 Å². The van der Waals surface area contributed by atoms with E-state index < -0.39 is 24.3 Å². The van der Waals surface area contributed by atoms with Crippen molar-refractivity contribution in [2.75, 3.05) is 12.4 Å². The minimum Gasteiger partial charge on any atom is -0.506 e. The van der Waals surface area contributed by atoms with E-state index in [4.69, 9.17) is 14.6 Å². The molecule has 7 nitrogen and oxygen atoms in total. The second kappa shape index (κ2) is 10.8. The van der Waals surface area contributed by atoms with Crippen molar-refractivity contribution >= 4 is 65.5 Å². The molecule has 29 heavy (non-hydrogen) atoms. The fraction of sp³-hybridized carbons (Fsp3) is 0.158. The van der Waals surface area contributed by atoms with Crippen molar-refractivity contribution in [1.29, 1.82) is 0 Å². The molecule has 0 bridgehead atoms. The van der Waals surface area contributed by atoms with Gasteiger partial charge in [0.25, 0.3) is 0 Å². The first-order valence-electron chi connectivity index (χ1n) is 8.06. The number of rotatable bonds is 7. The molecule has 0 spiro atoms. The fourth-order valence-electron chi connectivity index (χ4n) is 2.39. The number of carbonyl (C=O) groups is 2. The van der Waals surface area contributed by atoms with Gasteiger partial charge in [-0.1, -0.05) is 31.9 Å². The number of carboxylic acids is 1. The van der Waals surface area contributed by atoms with Gasteiger partial charge in [-0.05, 0) is 58.4 Å². The predicted molar refractivity (Wildman–Crippen MR) is 118 cm³/mol.